The average Bonchev–Trinajstić information content (AvgIpc) is 2.26. The van der Waals surface area contributed by atoms with Crippen LogP contribution in [0.2, 0.25) is 0 Å². The third-order valence-corrected chi connectivity index (χ3v) is 3.99. The van der Waals surface area contributed by atoms with Crippen LogP contribution >= 0.6 is 47.8 Å². The van der Waals surface area contributed by atoms with Gasteiger partial charge in [0.15, 0.2) is 5.67 Å². The summed E-state index contributed by atoms with van der Waals surface area (Å²) in [7, 11) is 0. The van der Waals surface area contributed by atoms with Gasteiger partial charge in [0.05, 0.1) is 0 Å². The lowest BCUT2D eigenvalue weighted by Crippen LogP contribution is -2.22. The summed E-state index contributed by atoms with van der Waals surface area (Å²) in [6, 6.07) is 4.23. The van der Waals surface area contributed by atoms with Crippen LogP contribution in [0.25, 0.3) is 0 Å². The summed E-state index contributed by atoms with van der Waals surface area (Å²) in [5, 5.41) is 0. The first kappa shape index (κ1) is 13.4. The van der Waals surface area contributed by atoms with Crippen molar-refractivity contribution < 1.29 is 8.78 Å². The first-order chi connectivity index (χ1) is 7.82. The molecule has 0 fully saturated rings. The van der Waals surface area contributed by atoms with E-state index in [1.54, 1.807) is 12.2 Å². The third kappa shape index (κ3) is 2.88. The van der Waals surface area contributed by atoms with Gasteiger partial charge in [-0.2, -0.15) is 0 Å². The number of hydrogen-bond donors (Lipinski definition) is 0. The highest BCUT2D eigenvalue weighted by atomic mass is 79.9. The zero-order valence-corrected chi connectivity index (χ0v) is 13.2. The standard InChI is InChI=1S/C12H7Br3F2/c13-8-1-2-10(16)9(7-8)11(17)3-5-12(14,15)6-4-11/h1-7H. The Kier molecular flexibility index (Phi) is 3.63. The minimum Gasteiger partial charge on any atom is -0.229 e. The molecule has 1 aliphatic carbocycles. The van der Waals surface area contributed by atoms with Crippen LogP contribution in [0, 0.1) is 5.82 Å². The molecule has 5 heteroatoms. The Balaban J connectivity index is 2.47. The summed E-state index contributed by atoms with van der Waals surface area (Å²) in [5.41, 5.74) is -1.92. The second kappa shape index (κ2) is 4.59. The van der Waals surface area contributed by atoms with Crippen molar-refractivity contribution in [3.63, 3.8) is 0 Å². The minimum atomic E-state index is -1.92. The van der Waals surface area contributed by atoms with Crippen molar-refractivity contribution >= 4 is 47.8 Å². The van der Waals surface area contributed by atoms with E-state index in [0.717, 1.165) is 0 Å². The van der Waals surface area contributed by atoms with Gasteiger partial charge in [-0.3, -0.25) is 0 Å². The topological polar surface area (TPSA) is 0 Å². The van der Waals surface area contributed by atoms with E-state index in [1.807, 2.05) is 0 Å². The van der Waals surface area contributed by atoms with Crippen LogP contribution in [-0.2, 0) is 5.67 Å². The highest BCUT2D eigenvalue weighted by Gasteiger charge is 2.34. The molecular formula is C12H7Br3F2. The lowest BCUT2D eigenvalue weighted by atomic mass is 9.91. The maximum absolute atomic E-state index is 14.6. The van der Waals surface area contributed by atoms with Gasteiger partial charge < -0.3 is 0 Å². The lowest BCUT2D eigenvalue weighted by molar-refractivity contribution is 0.292. The Morgan fingerprint density at radius 3 is 2.18 bits per heavy atom. The van der Waals surface area contributed by atoms with Crippen molar-refractivity contribution in [3.8, 4) is 0 Å². The predicted octanol–water partition coefficient (Wildman–Crippen LogP) is 5.37. The summed E-state index contributed by atoms with van der Waals surface area (Å²) in [6.07, 6.45) is 5.82. The molecule has 0 atom stereocenters. The van der Waals surface area contributed by atoms with Gasteiger partial charge in [0, 0.05) is 10.0 Å². The SMILES string of the molecule is Fc1ccc(Br)cc1C1(F)C=CC(Br)(Br)C=C1. The zero-order valence-electron chi connectivity index (χ0n) is 8.43. The average molecular weight is 429 g/mol. The van der Waals surface area contributed by atoms with Crippen molar-refractivity contribution in [3.05, 3.63) is 58.4 Å². The van der Waals surface area contributed by atoms with Gasteiger partial charge >= 0.3 is 0 Å². The molecule has 0 heterocycles. The van der Waals surface area contributed by atoms with Crippen LogP contribution in [0.4, 0.5) is 8.78 Å². The Hall–Kier alpha value is -0.000000000000000111. The number of benzene rings is 1. The Bertz CT molecular complexity index is 490. The summed E-state index contributed by atoms with van der Waals surface area (Å²) in [4.78, 5) is 0. The molecule has 1 aromatic rings. The van der Waals surface area contributed by atoms with E-state index in [9.17, 15) is 8.78 Å². The molecule has 0 spiro atoms. The van der Waals surface area contributed by atoms with Crippen molar-refractivity contribution in [2.45, 2.75) is 8.90 Å². The number of allylic oxidation sites excluding steroid dienone is 4. The van der Waals surface area contributed by atoms with Crippen molar-refractivity contribution in [2.24, 2.45) is 0 Å². The number of halogens is 5. The Morgan fingerprint density at radius 1 is 1.00 bits per heavy atom. The quantitative estimate of drug-likeness (QED) is 0.417. The first-order valence-corrected chi connectivity index (χ1v) is 7.13. The molecule has 1 aliphatic rings. The van der Waals surface area contributed by atoms with Crippen LogP contribution in [0.5, 0.6) is 0 Å². The molecule has 17 heavy (non-hydrogen) atoms. The fourth-order valence-electron chi connectivity index (χ4n) is 1.55. The summed E-state index contributed by atoms with van der Waals surface area (Å²) < 4.78 is 28.3. The third-order valence-electron chi connectivity index (χ3n) is 2.44. The zero-order chi connectivity index (χ0) is 12.7. The predicted molar refractivity (Wildman–Crippen MR) is 75.8 cm³/mol. The molecule has 0 N–H and O–H groups in total. The summed E-state index contributed by atoms with van der Waals surface area (Å²) >= 11 is 9.86. The van der Waals surface area contributed by atoms with Gasteiger partial charge in [0.25, 0.3) is 0 Å². The molecule has 0 nitrogen and oxygen atoms in total. The van der Waals surface area contributed by atoms with Gasteiger partial charge in [-0.15, -0.1) is 0 Å². The maximum atomic E-state index is 14.6. The van der Waals surface area contributed by atoms with Gasteiger partial charge in [-0.25, -0.2) is 8.78 Å². The van der Waals surface area contributed by atoms with E-state index in [4.69, 9.17) is 0 Å². The van der Waals surface area contributed by atoms with E-state index in [-0.39, 0.29) is 5.56 Å². The molecule has 0 aromatic heterocycles. The highest BCUT2D eigenvalue weighted by molar-refractivity contribution is 9.25. The first-order valence-electron chi connectivity index (χ1n) is 4.75. The van der Waals surface area contributed by atoms with E-state index in [0.29, 0.717) is 4.47 Å². The molecule has 0 aliphatic heterocycles. The molecule has 0 saturated carbocycles. The van der Waals surface area contributed by atoms with E-state index in [1.165, 1.54) is 30.4 Å². The van der Waals surface area contributed by atoms with Crippen molar-refractivity contribution in [2.75, 3.05) is 0 Å². The minimum absolute atomic E-state index is 0.00475. The molecule has 2 rings (SSSR count). The van der Waals surface area contributed by atoms with Crippen molar-refractivity contribution in [1.82, 2.24) is 0 Å². The van der Waals surface area contributed by atoms with Gasteiger partial charge in [0.2, 0.25) is 0 Å². The number of rotatable bonds is 1. The Labute approximate surface area is 123 Å². The fraction of sp³-hybridized carbons (Fsp3) is 0.167. The summed E-state index contributed by atoms with van der Waals surface area (Å²) in [5.74, 6) is -0.568. The fourth-order valence-corrected chi connectivity index (χ4v) is 2.44. The smallest absolute Gasteiger partial charge is 0.175 e. The van der Waals surface area contributed by atoms with Crippen molar-refractivity contribution in [1.29, 1.82) is 0 Å². The lowest BCUT2D eigenvalue weighted by Gasteiger charge is -2.25. The molecule has 0 unspecified atom stereocenters. The van der Waals surface area contributed by atoms with E-state index < -0.39 is 14.7 Å². The maximum Gasteiger partial charge on any atom is 0.175 e. The monoisotopic (exact) mass is 426 g/mol. The largest absolute Gasteiger partial charge is 0.229 e. The molecule has 90 valence electrons. The van der Waals surface area contributed by atoms with Crippen LogP contribution in [0.3, 0.4) is 0 Å². The second-order valence-electron chi connectivity index (χ2n) is 3.73. The Morgan fingerprint density at radius 2 is 1.59 bits per heavy atom. The second-order valence-corrected chi connectivity index (χ2v) is 8.34. The van der Waals surface area contributed by atoms with Gasteiger partial charge in [-0.05, 0) is 30.4 Å². The molecule has 0 saturated heterocycles. The molecular weight excluding hydrogens is 422 g/mol. The van der Waals surface area contributed by atoms with Crippen LogP contribution in [-0.4, -0.2) is 3.23 Å². The summed E-state index contributed by atoms with van der Waals surface area (Å²) in [6.45, 7) is 0. The molecule has 0 bridgehead atoms. The van der Waals surface area contributed by atoms with Crippen LogP contribution < -0.4 is 0 Å². The number of hydrogen-bond acceptors (Lipinski definition) is 0. The highest BCUT2D eigenvalue weighted by Crippen LogP contribution is 2.41. The molecule has 0 amide bonds. The normalized spacial score (nSPS) is 20.5. The van der Waals surface area contributed by atoms with E-state index in [2.05, 4.69) is 47.8 Å². The molecule has 1 aromatic carbocycles. The van der Waals surface area contributed by atoms with Gasteiger partial charge in [0.1, 0.15) is 9.05 Å². The van der Waals surface area contributed by atoms with Gasteiger partial charge in [-0.1, -0.05) is 59.9 Å². The van der Waals surface area contributed by atoms with E-state index >= 15 is 0 Å². The molecule has 0 radical (unpaired) electrons. The van der Waals surface area contributed by atoms with Crippen LogP contribution in [0.15, 0.2) is 47.0 Å². The van der Waals surface area contributed by atoms with Crippen LogP contribution in [0.1, 0.15) is 5.56 Å². The number of alkyl halides is 3.